The van der Waals surface area contributed by atoms with E-state index in [-0.39, 0.29) is 0 Å². The summed E-state index contributed by atoms with van der Waals surface area (Å²) < 4.78 is 0. The van der Waals surface area contributed by atoms with Gasteiger partial charge in [0.15, 0.2) is 0 Å². The molecule has 0 spiro atoms. The fourth-order valence-corrected chi connectivity index (χ4v) is 1.27. The Morgan fingerprint density at radius 1 is 1.53 bits per heavy atom. The second kappa shape index (κ2) is 5.71. The van der Waals surface area contributed by atoms with Crippen LogP contribution in [0.4, 0.5) is 11.4 Å². The minimum absolute atomic E-state index is 0.593. The monoisotopic (exact) mass is 201 g/mol. The van der Waals surface area contributed by atoms with E-state index in [1.54, 1.807) is 12.1 Å². The SMILES string of the molecule is C/C=C/CCNc1ccc(N)cc1C#N. The van der Waals surface area contributed by atoms with Gasteiger partial charge in [-0.15, -0.1) is 0 Å². The summed E-state index contributed by atoms with van der Waals surface area (Å²) in [4.78, 5) is 0. The van der Waals surface area contributed by atoms with Gasteiger partial charge in [-0.25, -0.2) is 0 Å². The quantitative estimate of drug-likeness (QED) is 0.447. The molecule has 3 N–H and O–H groups in total. The first-order chi connectivity index (χ1) is 7.27. The molecule has 0 saturated heterocycles. The van der Waals surface area contributed by atoms with Crippen LogP contribution < -0.4 is 11.1 Å². The molecule has 0 unspecified atom stereocenters. The highest BCUT2D eigenvalue weighted by Crippen LogP contribution is 2.17. The fraction of sp³-hybridized carbons (Fsp3) is 0.250. The Balaban J connectivity index is 2.65. The molecule has 0 radical (unpaired) electrons. The molecule has 0 heterocycles. The summed E-state index contributed by atoms with van der Waals surface area (Å²) in [6.45, 7) is 2.81. The Morgan fingerprint density at radius 2 is 2.33 bits per heavy atom. The predicted octanol–water partition coefficient (Wildman–Crippen LogP) is 2.52. The van der Waals surface area contributed by atoms with Crippen molar-refractivity contribution < 1.29 is 0 Å². The van der Waals surface area contributed by atoms with Crippen LogP contribution in [0.1, 0.15) is 18.9 Å². The van der Waals surface area contributed by atoms with E-state index in [0.29, 0.717) is 11.3 Å². The lowest BCUT2D eigenvalue weighted by Gasteiger charge is -2.07. The summed E-state index contributed by atoms with van der Waals surface area (Å²) >= 11 is 0. The number of hydrogen-bond acceptors (Lipinski definition) is 3. The van der Waals surface area contributed by atoms with Crippen molar-refractivity contribution in [1.82, 2.24) is 0 Å². The average Bonchev–Trinajstić information content (AvgIpc) is 2.26. The number of hydrogen-bond donors (Lipinski definition) is 2. The number of allylic oxidation sites excluding steroid dienone is 1. The zero-order valence-corrected chi connectivity index (χ0v) is 8.83. The minimum atomic E-state index is 0.593. The molecule has 15 heavy (non-hydrogen) atoms. The third-order valence-corrected chi connectivity index (χ3v) is 2.03. The summed E-state index contributed by atoms with van der Waals surface area (Å²) in [6, 6.07) is 7.42. The first-order valence-electron chi connectivity index (χ1n) is 4.92. The van der Waals surface area contributed by atoms with Crippen molar-refractivity contribution in [1.29, 1.82) is 5.26 Å². The van der Waals surface area contributed by atoms with Crippen molar-refractivity contribution >= 4 is 11.4 Å². The summed E-state index contributed by atoms with van der Waals surface area (Å²) in [7, 11) is 0. The van der Waals surface area contributed by atoms with Gasteiger partial charge < -0.3 is 11.1 Å². The van der Waals surface area contributed by atoms with Crippen molar-refractivity contribution in [2.75, 3.05) is 17.6 Å². The molecule has 3 heteroatoms. The van der Waals surface area contributed by atoms with E-state index >= 15 is 0 Å². The van der Waals surface area contributed by atoms with Gasteiger partial charge in [-0.3, -0.25) is 0 Å². The average molecular weight is 201 g/mol. The second-order valence-electron chi connectivity index (χ2n) is 3.20. The Morgan fingerprint density at radius 3 is 3.00 bits per heavy atom. The third kappa shape index (κ3) is 3.35. The smallest absolute Gasteiger partial charge is 0.101 e. The normalized spacial score (nSPS) is 10.1. The van der Waals surface area contributed by atoms with Crippen LogP contribution in [0.5, 0.6) is 0 Å². The van der Waals surface area contributed by atoms with Gasteiger partial charge in [0.05, 0.1) is 11.3 Å². The molecular weight excluding hydrogens is 186 g/mol. The summed E-state index contributed by atoms with van der Waals surface area (Å²) in [5.41, 5.74) is 7.64. The maximum atomic E-state index is 8.89. The number of benzene rings is 1. The molecular formula is C12H15N3. The number of nitrogens with two attached hydrogens (primary N) is 1. The Labute approximate surface area is 90.2 Å². The van der Waals surface area contributed by atoms with E-state index in [1.165, 1.54) is 0 Å². The molecule has 1 aromatic rings. The van der Waals surface area contributed by atoms with Crippen LogP contribution in [-0.2, 0) is 0 Å². The molecule has 0 amide bonds. The van der Waals surface area contributed by atoms with Crippen LogP contribution in [0.2, 0.25) is 0 Å². The van der Waals surface area contributed by atoms with Gasteiger partial charge in [0, 0.05) is 12.2 Å². The van der Waals surface area contributed by atoms with Crippen LogP contribution >= 0.6 is 0 Å². The lowest BCUT2D eigenvalue weighted by atomic mass is 10.1. The first-order valence-corrected chi connectivity index (χ1v) is 4.92. The molecule has 0 aromatic heterocycles. The highest BCUT2D eigenvalue weighted by Gasteiger charge is 2.00. The van der Waals surface area contributed by atoms with Crippen molar-refractivity contribution in [2.45, 2.75) is 13.3 Å². The van der Waals surface area contributed by atoms with Gasteiger partial charge in [0.2, 0.25) is 0 Å². The van der Waals surface area contributed by atoms with Crippen molar-refractivity contribution in [3.8, 4) is 6.07 Å². The van der Waals surface area contributed by atoms with E-state index in [4.69, 9.17) is 11.0 Å². The summed E-state index contributed by atoms with van der Waals surface area (Å²) in [5, 5.41) is 12.1. The maximum Gasteiger partial charge on any atom is 0.101 e. The van der Waals surface area contributed by atoms with E-state index in [1.807, 2.05) is 19.1 Å². The van der Waals surface area contributed by atoms with Crippen LogP contribution in [0.15, 0.2) is 30.4 Å². The maximum absolute atomic E-state index is 8.89. The zero-order valence-electron chi connectivity index (χ0n) is 8.83. The molecule has 0 aliphatic heterocycles. The third-order valence-electron chi connectivity index (χ3n) is 2.03. The topological polar surface area (TPSA) is 61.8 Å². The lowest BCUT2D eigenvalue weighted by Crippen LogP contribution is -2.02. The summed E-state index contributed by atoms with van der Waals surface area (Å²) in [6.07, 6.45) is 5.04. The Hall–Kier alpha value is -1.95. The molecule has 0 fully saturated rings. The first kappa shape index (κ1) is 11.1. The number of nitrogens with one attached hydrogen (secondary N) is 1. The molecule has 0 saturated carbocycles. The molecule has 1 aromatic carbocycles. The molecule has 0 aliphatic carbocycles. The van der Waals surface area contributed by atoms with Crippen LogP contribution in [-0.4, -0.2) is 6.54 Å². The molecule has 3 nitrogen and oxygen atoms in total. The fourth-order valence-electron chi connectivity index (χ4n) is 1.27. The highest BCUT2D eigenvalue weighted by molar-refractivity contribution is 5.62. The molecule has 0 aliphatic rings. The van der Waals surface area contributed by atoms with Crippen molar-refractivity contribution in [3.63, 3.8) is 0 Å². The highest BCUT2D eigenvalue weighted by atomic mass is 14.9. The molecule has 1 rings (SSSR count). The molecule has 0 atom stereocenters. The zero-order chi connectivity index (χ0) is 11.1. The largest absolute Gasteiger partial charge is 0.399 e. The van der Waals surface area contributed by atoms with E-state index in [0.717, 1.165) is 18.7 Å². The van der Waals surface area contributed by atoms with Gasteiger partial charge in [-0.2, -0.15) is 5.26 Å². The Bertz CT molecular complexity index is 388. The number of rotatable bonds is 4. The van der Waals surface area contributed by atoms with Crippen LogP contribution in [0.3, 0.4) is 0 Å². The predicted molar refractivity (Wildman–Crippen MR) is 63.5 cm³/mol. The molecule has 0 bridgehead atoms. The number of anilines is 2. The van der Waals surface area contributed by atoms with Crippen molar-refractivity contribution in [2.24, 2.45) is 0 Å². The molecule has 78 valence electrons. The number of nitriles is 1. The standard InChI is InChI=1S/C12H15N3/c1-2-3-4-7-15-12-6-5-11(14)8-10(12)9-13/h2-3,5-6,8,15H,4,7,14H2,1H3/b3-2+. The number of nitrogens with zero attached hydrogens (tertiary/aromatic N) is 1. The van der Waals surface area contributed by atoms with Gasteiger partial charge in [0.25, 0.3) is 0 Å². The van der Waals surface area contributed by atoms with E-state index < -0.39 is 0 Å². The van der Waals surface area contributed by atoms with Gasteiger partial charge in [-0.1, -0.05) is 12.2 Å². The van der Waals surface area contributed by atoms with E-state index in [9.17, 15) is 0 Å². The van der Waals surface area contributed by atoms with Crippen LogP contribution in [0, 0.1) is 11.3 Å². The van der Waals surface area contributed by atoms with E-state index in [2.05, 4.69) is 17.5 Å². The number of nitrogen functional groups attached to an aromatic ring is 1. The van der Waals surface area contributed by atoms with Gasteiger partial charge in [0.1, 0.15) is 6.07 Å². The minimum Gasteiger partial charge on any atom is -0.399 e. The Kier molecular flexibility index (Phi) is 4.24. The van der Waals surface area contributed by atoms with Crippen molar-refractivity contribution in [3.05, 3.63) is 35.9 Å². The second-order valence-corrected chi connectivity index (χ2v) is 3.20. The van der Waals surface area contributed by atoms with Gasteiger partial charge in [-0.05, 0) is 31.5 Å². The van der Waals surface area contributed by atoms with Crippen LogP contribution in [0.25, 0.3) is 0 Å². The lowest BCUT2D eigenvalue weighted by molar-refractivity contribution is 1.06. The van der Waals surface area contributed by atoms with Gasteiger partial charge >= 0.3 is 0 Å². The summed E-state index contributed by atoms with van der Waals surface area (Å²) in [5.74, 6) is 0.